The Labute approximate surface area is 167 Å². The van der Waals surface area contributed by atoms with Gasteiger partial charge in [-0.05, 0) is 18.6 Å². The normalized spacial score (nSPS) is 10.5. The predicted molar refractivity (Wildman–Crippen MR) is 109 cm³/mol. The number of phenols is 2. The van der Waals surface area contributed by atoms with Gasteiger partial charge in [0.05, 0.1) is 5.56 Å². The standard InChI is InChI=1S/C20H34N4O4/c1-2-3-4-5-6-7-8-9-10-11-14-21-23-20(28)24-22-19(27)17-13-12-16(25)15-18(17)26/h12-13,15,21,25-26H,2-11,14H2,1H3,(H,22,27)(H2,23,24,28). The first-order chi connectivity index (χ1) is 13.5. The Kier molecular flexibility index (Phi) is 12.3. The van der Waals surface area contributed by atoms with Crippen molar-refractivity contribution in [2.45, 2.75) is 71.1 Å². The molecule has 0 aliphatic rings. The number of amides is 3. The Morgan fingerprint density at radius 3 is 2.04 bits per heavy atom. The molecule has 0 atom stereocenters. The third-order valence-corrected chi connectivity index (χ3v) is 4.37. The van der Waals surface area contributed by atoms with Crippen molar-refractivity contribution in [3.63, 3.8) is 0 Å². The lowest BCUT2D eigenvalue weighted by Crippen LogP contribution is -2.51. The van der Waals surface area contributed by atoms with Gasteiger partial charge in [-0.1, -0.05) is 64.7 Å². The first kappa shape index (κ1) is 23.6. The van der Waals surface area contributed by atoms with Crippen molar-refractivity contribution in [1.29, 1.82) is 0 Å². The molecular formula is C20H34N4O4. The van der Waals surface area contributed by atoms with Crippen molar-refractivity contribution in [1.82, 2.24) is 21.7 Å². The zero-order chi connectivity index (χ0) is 20.6. The minimum Gasteiger partial charge on any atom is -0.508 e. The van der Waals surface area contributed by atoms with Gasteiger partial charge in [-0.15, -0.1) is 0 Å². The molecule has 0 aliphatic heterocycles. The van der Waals surface area contributed by atoms with E-state index < -0.39 is 11.9 Å². The number of carbonyl (C=O) groups excluding carboxylic acids is 2. The van der Waals surface area contributed by atoms with Crippen molar-refractivity contribution < 1.29 is 19.8 Å². The molecule has 1 rings (SSSR count). The Bertz CT molecular complexity index is 596. The van der Waals surface area contributed by atoms with Crippen LogP contribution in [0.2, 0.25) is 0 Å². The molecule has 0 heterocycles. The van der Waals surface area contributed by atoms with Crippen LogP contribution in [0.1, 0.15) is 81.5 Å². The fourth-order valence-corrected chi connectivity index (χ4v) is 2.77. The number of hydrogen-bond acceptors (Lipinski definition) is 5. The van der Waals surface area contributed by atoms with Crippen LogP contribution in [0.3, 0.4) is 0 Å². The highest BCUT2D eigenvalue weighted by Gasteiger charge is 2.12. The third-order valence-electron chi connectivity index (χ3n) is 4.37. The summed E-state index contributed by atoms with van der Waals surface area (Å²) in [5.74, 6) is -1.22. The van der Waals surface area contributed by atoms with Crippen molar-refractivity contribution in [3.8, 4) is 11.5 Å². The molecule has 0 unspecified atom stereocenters. The second kappa shape index (κ2) is 14.6. The van der Waals surface area contributed by atoms with E-state index in [1.807, 2.05) is 0 Å². The molecule has 158 valence electrons. The second-order valence-corrected chi connectivity index (χ2v) is 6.84. The maximum atomic E-state index is 11.8. The number of carbonyl (C=O) groups is 2. The Morgan fingerprint density at radius 2 is 1.43 bits per heavy atom. The number of urea groups is 1. The number of unbranched alkanes of at least 4 members (excludes halogenated alkanes) is 9. The van der Waals surface area contributed by atoms with Crippen molar-refractivity contribution in [3.05, 3.63) is 23.8 Å². The van der Waals surface area contributed by atoms with Crippen LogP contribution in [0.25, 0.3) is 0 Å². The van der Waals surface area contributed by atoms with Gasteiger partial charge < -0.3 is 10.2 Å². The lowest BCUT2D eigenvalue weighted by atomic mass is 10.1. The van der Waals surface area contributed by atoms with Crippen LogP contribution in [0.15, 0.2) is 18.2 Å². The molecule has 0 aliphatic carbocycles. The van der Waals surface area contributed by atoms with Crippen LogP contribution < -0.4 is 21.7 Å². The number of hydrogen-bond donors (Lipinski definition) is 6. The van der Waals surface area contributed by atoms with E-state index in [0.717, 1.165) is 18.9 Å². The van der Waals surface area contributed by atoms with Gasteiger partial charge in [0.2, 0.25) is 0 Å². The lowest BCUT2D eigenvalue weighted by Gasteiger charge is -2.10. The molecule has 0 saturated carbocycles. The highest BCUT2D eigenvalue weighted by molar-refractivity contribution is 5.97. The van der Waals surface area contributed by atoms with Crippen molar-refractivity contribution in [2.75, 3.05) is 6.54 Å². The van der Waals surface area contributed by atoms with Gasteiger partial charge >= 0.3 is 6.03 Å². The number of phenolic OH excluding ortho intramolecular Hbond substituents is 2. The van der Waals surface area contributed by atoms with Crippen molar-refractivity contribution >= 4 is 11.9 Å². The maximum Gasteiger partial charge on any atom is 0.347 e. The summed E-state index contributed by atoms with van der Waals surface area (Å²) in [6.45, 7) is 2.88. The Hall–Kier alpha value is -2.48. The SMILES string of the molecule is CCCCCCCCCCCCNNC(=O)NNC(=O)c1ccc(O)cc1O. The average Bonchev–Trinajstić information content (AvgIpc) is 2.67. The van der Waals surface area contributed by atoms with Crippen molar-refractivity contribution in [2.24, 2.45) is 0 Å². The van der Waals surface area contributed by atoms with Gasteiger partial charge in [0.15, 0.2) is 0 Å². The number of rotatable bonds is 13. The molecule has 0 spiro atoms. The Morgan fingerprint density at radius 1 is 0.821 bits per heavy atom. The van der Waals surface area contributed by atoms with Gasteiger partial charge in [-0.3, -0.25) is 15.6 Å². The fourth-order valence-electron chi connectivity index (χ4n) is 2.77. The molecule has 0 radical (unpaired) electrons. The molecule has 6 N–H and O–H groups in total. The summed E-state index contributed by atoms with van der Waals surface area (Å²) < 4.78 is 0. The first-order valence-corrected chi connectivity index (χ1v) is 10.2. The van der Waals surface area contributed by atoms with E-state index in [4.69, 9.17) is 0 Å². The summed E-state index contributed by atoms with van der Waals surface area (Å²) in [6.07, 6.45) is 12.5. The zero-order valence-electron chi connectivity index (χ0n) is 16.7. The average molecular weight is 395 g/mol. The number of aromatic hydroxyl groups is 2. The van der Waals surface area contributed by atoms with Crippen LogP contribution in [0.4, 0.5) is 4.79 Å². The van der Waals surface area contributed by atoms with Gasteiger partial charge in [0.25, 0.3) is 5.91 Å². The summed E-state index contributed by atoms with van der Waals surface area (Å²) in [6, 6.07) is 2.95. The third kappa shape index (κ3) is 10.6. The van der Waals surface area contributed by atoms with Crippen LogP contribution >= 0.6 is 0 Å². The second-order valence-electron chi connectivity index (χ2n) is 6.84. The highest BCUT2D eigenvalue weighted by Crippen LogP contribution is 2.22. The van der Waals surface area contributed by atoms with Gasteiger partial charge in [-0.2, -0.15) is 0 Å². The number of nitrogens with one attached hydrogen (secondary N) is 4. The summed E-state index contributed by atoms with van der Waals surface area (Å²) in [5, 5.41) is 18.8. The summed E-state index contributed by atoms with van der Waals surface area (Å²) >= 11 is 0. The lowest BCUT2D eigenvalue weighted by molar-refractivity contribution is 0.0933. The molecular weight excluding hydrogens is 360 g/mol. The van der Waals surface area contributed by atoms with E-state index in [1.54, 1.807) is 0 Å². The Balaban J connectivity index is 1.99. The van der Waals surface area contributed by atoms with E-state index in [9.17, 15) is 19.8 Å². The number of hydrazine groups is 2. The summed E-state index contributed by atoms with van der Waals surface area (Å²) in [4.78, 5) is 23.4. The van der Waals surface area contributed by atoms with Crippen LogP contribution in [-0.4, -0.2) is 28.7 Å². The van der Waals surface area contributed by atoms with E-state index in [-0.39, 0.29) is 17.1 Å². The van der Waals surface area contributed by atoms with E-state index in [2.05, 4.69) is 28.6 Å². The molecule has 1 aromatic carbocycles. The maximum absolute atomic E-state index is 11.8. The van der Waals surface area contributed by atoms with Crippen LogP contribution in [0.5, 0.6) is 11.5 Å². The summed E-state index contributed by atoms with van der Waals surface area (Å²) in [7, 11) is 0. The van der Waals surface area contributed by atoms with Gasteiger partial charge in [-0.25, -0.2) is 15.6 Å². The van der Waals surface area contributed by atoms with E-state index in [0.29, 0.717) is 6.54 Å². The monoisotopic (exact) mass is 394 g/mol. The molecule has 8 nitrogen and oxygen atoms in total. The highest BCUT2D eigenvalue weighted by atomic mass is 16.3. The largest absolute Gasteiger partial charge is 0.508 e. The smallest absolute Gasteiger partial charge is 0.347 e. The molecule has 1 aromatic rings. The first-order valence-electron chi connectivity index (χ1n) is 10.2. The minimum absolute atomic E-state index is 0.0589. The van der Waals surface area contributed by atoms with Gasteiger partial charge in [0.1, 0.15) is 11.5 Å². The minimum atomic E-state index is -0.692. The number of benzene rings is 1. The molecule has 28 heavy (non-hydrogen) atoms. The van der Waals surface area contributed by atoms with E-state index in [1.165, 1.54) is 63.5 Å². The van der Waals surface area contributed by atoms with Crippen LogP contribution in [0, 0.1) is 0 Å². The molecule has 8 heteroatoms. The molecule has 0 saturated heterocycles. The molecule has 0 aromatic heterocycles. The molecule has 3 amide bonds. The molecule has 0 fully saturated rings. The predicted octanol–water partition coefficient (Wildman–Crippen LogP) is 3.47. The molecule has 0 bridgehead atoms. The topological polar surface area (TPSA) is 123 Å². The fraction of sp³-hybridized carbons (Fsp3) is 0.600. The van der Waals surface area contributed by atoms with Crippen LogP contribution in [-0.2, 0) is 0 Å². The van der Waals surface area contributed by atoms with E-state index >= 15 is 0 Å². The quantitative estimate of drug-likeness (QED) is 0.226. The van der Waals surface area contributed by atoms with Gasteiger partial charge in [0, 0.05) is 12.6 Å². The zero-order valence-corrected chi connectivity index (χ0v) is 16.7. The summed E-state index contributed by atoms with van der Waals surface area (Å²) in [5.41, 5.74) is 9.51.